The van der Waals surface area contributed by atoms with Crippen molar-refractivity contribution in [1.29, 1.82) is 0 Å². The topological polar surface area (TPSA) is 67.1 Å². The number of nitrogens with one attached hydrogen (secondary N) is 1. The molecule has 0 atom stereocenters. The molecule has 19 heavy (non-hydrogen) atoms. The van der Waals surface area contributed by atoms with Gasteiger partial charge in [-0.3, -0.25) is 0 Å². The van der Waals surface area contributed by atoms with Crippen LogP contribution in [0.4, 0.5) is 11.6 Å². The molecule has 1 heterocycles. The van der Waals surface area contributed by atoms with E-state index >= 15 is 0 Å². The highest BCUT2D eigenvalue weighted by atomic mass is 15.3. The Balaban J connectivity index is 3.17. The first-order valence-electron chi connectivity index (χ1n) is 7.03. The van der Waals surface area contributed by atoms with E-state index in [1.165, 1.54) is 0 Å². The van der Waals surface area contributed by atoms with Crippen molar-refractivity contribution in [3.8, 4) is 0 Å². The lowest BCUT2D eigenvalue weighted by Crippen LogP contribution is -2.28. The number of hydrazine groups is 1. The number of nitrogens with zero attached hydrogens (tertiary/aromatic N) is 3. The Bertz CT molecular complexity index is 391. The fourth-order valence-corrected chi connectivity index (χ4v) is 1.89. The van der Waals surface area contributed by atoms with Crippen molar-refractivity contribution >= 4 is 11.6 Å². The normalized spacial score (nSPS) is 11.5. The zero-order valence-electron chi connectivity index (χ0n) is 12.8. The van der Waals surface area contributed by atoms with Crippen LogP contribution in [-0.4, -0.2) is 23.1 Å². The molecule has 5 nitrogen and oxygen atoms in total. The fraction of sp³-hybridized carbons (Fsp3) is 0.714. The molecule has 0 amide bonds. The maximum Gasteiger partial charge on any atom is 0.145 e. The maximum atomic E-state index is 5.52. The average molecular weight is 265 g/mol. The molecule has 0 aliphatic carbocycles. The molecule has 0 saturated heterocycles. The summed E-state index contributed by atoms with van der Waals surface area (Å²) < 4.78 is 0. The van der Waals surface area contributed by atoms with Crippen molar-refractivity contribution in [3.05, 3.63) is 11.9 Å². The molecule has 0 saturated carbocycles. The predicted molar refractivity (Wildman–Crippen MR) is 81.3 cm³/mol. The molecule has 1 rings (SSSR count). The van der Waals surface area contributed by atoms with Crippen molar-refractivity contribution in [2.24, 2.45) is 5.84 Å². The van der Waals surface area contributed by atoms with Crippen molar-refractivity contribution < 1.29 is 0 Å². The van der Waals surface area contributed by atoms with E-state index in [1.807, 2.05) is 6.07 Å². The molecule has 0 aliphatic heterocycles. The van der Waals surface area contributed by atoms with Gasteiger partial charge in [-0.1, -0.05) is 34.6 Å². The zero-order valence-corrected chi connectivity index (χ0v) is 12.8. The van der Waals surface area contributed by atoms with Crippen LogP contribution < -0.4 is 16.2 Å². The summed E-state index contributed by atoms with van der Waals surface area (Å²) in [5.41, 5.74) is 2.55. The Kier molecular flexibility index (Phi) is 5.54. The van der Waals surface area contributed by atoms with Gasteiger partial charge in [-0.05, 0) is 12.8 Å². The third-order valence-corrected chi connectivity index (χ3v) is 2.84. The average Bonchev–Trinajstić information content (AvgIpc) is 2.37. The lowest BCUT2D eigenvalue weighted by Gasteiger charge is -2.25. The highest BCUT2D eigenvalue weighted by molar-refractivity contribution is 5.49. The van der Waals surface area contributed by atoms with Gasteiger partial charge in [0.15, 0.2) is 0 Å². The van der Waals surface area contributed by atoms with Crippen molar-refractivity contribution in [2.75, 3.05) is 23.4 Å². The molecule has 1 aromatic rings. The number of rotatable bonds is 6. The molecule has 5 heteroatoms. The van der Waals surface area contributed by atoms with Crippen LogP contribution in [0.3, 0.4) is 0 Å². The van der Waals surface area contributed by atoms with E-state index in [4.69, 9.17) is 10.8 Å². The summed E-state index contributed by atoms with van der Waals surface area (Å²) in [5, 5.41) is 0. The second-order valence-electron chi connectivity index (χ2n) is 5.82. The van der Waals surface area contributed by atoms with Crippen molar-refractivity contribution in [3.63, 3.8) is 0 Å². The van der Waals surface area contributed by atoms with E-state index in [1.54, 1.807) is 0 Å². The summed E-state index contributed by atoms with van der Waals surface area (Å²) in [7, 11) is 0. The molecule has 1 aromatic heterocycles. The zero-order chi connectivity index (χ0) is 14.5. The molecule has 0 aliphatic rings. The monoisotopic (exact) mass is 265 g/mol. The Hall–Kier alpha value is -1.36. The smallest absolute Gasteiger partial charge is 0.145 e. The van der Waals surface area contributed by atoms with E-state index in [0.717, 1.165) is 37.6 Å². The minimum atomic E-state index is -0.0916. The van der Waals surface area contributed by atoms with E-state index < -0.39 is 0 Å². The van der Waals surface area contributed by atoms with Gasteiger partial charge in [-0.2, -0.15) is 0 Å². The number of aromatic nitrogens is 2. The molecule has 0 unspecified atom stereocenters. The summed E-state index contributed by atoms with van der Waals surface area (Å²) in [6.07, 6.45) is 2.19. The third-order valence-electron chi connectivity index (χ3n) is 2.84. The first kappa shape index (κ1) is 15.7. The van der Waals surface area contributed by atoms with E-state index in [-0.39, 0.29) is 5.41 Å². The van der Waals surface area contributed by atoms with Crippen LogP contribution in [0.25, 0.3) is 0 Å². The quantitative estimate of drug-likeness (QED) is 0.611. The van der Waals surface area contributed by atoms with Crippen LogP contribution in [-0.2, 0) is 5.41 Å². The summed E-state index contributed by atoms with van der Waals surface area (Å²) in [5.74, 6) is 7.96. The Morgan fingerprint density at radius 2 is 1.74 bits per heavy atom. The number of nitrogens with two attached hydrogens (primary N) is 1. The lowest BCUT2D eigenvalue weighted by molar-refractivity contribution is 0.544. The third kappa shape index (κ3) is 4.35. The predicted octanol–water partition coefficient (Wildman–Crippen LogP) is 2.69. The first-order valence-corrected chi connectivity index (χ1v) is 7.03. The van der Waals surface area contributed by atoms with Crippen LogP contribution in [0.5, 0.6) is 0 Å². The summed E-state index contributed by atoms with van der Waals surface area (Å²) in [6.45, 7) is 12.7. The van der Waals surface area contributed by atoms with E-state index in [0.29, 0.717) is 5.82 Å². The molecule has 108 valence electrons. The minimum absolute atomic E-state index is 0.0916. The lowest BCUT2D eigenvalue weighted by atomic mass is 9.96. The number of nitrogen functional groups attached to an aromatic ring is 1. The fourth-order valence-electron chi connectivity index (χ4n) is 1.89. The van der Waals surface area contributed by atoms with Crippen LogP contribution in [0.2, 0.25) is 0 Å². The molecule has 3 N–H and O–H groups in total. The highest BCUT2D eigenvalue weighted by Gasteiger charge is 2.20. The summed E-state index contributed by atoms with van der Waals surface area (Å²) in [4.78, 5) is 11.5. The van der Waals surface area contributed by atoms with Gasteiger partial charge in [0.1, 0.15) is 17.5 Å². The number of anilines is 2. The summed E-state index contributed by atoms with van der Waals surface area (Å²) in [6, 6.07) is 1.92. The molecule has 0 fully saturated rings. The molecule has 0 radical (unpaired) electrons. The second kappa shape index (κ2) is 6.70. The highest BCUT2D eigenvalue weighted by Crippen LogP contribution is 2.24. The molecule has 0 aromatic carbocycles. The van der Waals surface area contributed by atoms with Gasteiger partial charge >= 0.3 is 0 Å². The number of hydrogen-bond donors (Lipinski definition) is 2. The minimum Gasteiger partial charge on any atom is -0.356 e. The van der Waals surface area contributed by atoms with Crippen molar-refractivity contribution in [2.45, 2.75) is 52.9 Å². The van der Waals surface area contributed by atoms with Crippen LogP contribution in [0.1, 0.15) is 53.3 Å². The number of hydrogen-bond acceptors (Lipinski definition) is 5. The molecular weight excluding hydrogens is 238 g/mol. The van der Waals surface area contributed by atoms with Gasteiger partial charge < -0.3 is 10.3 Å². The second-order valence-corrected chi connectivity index (χ2v) is 5.82. The van der Waals surface area contributed by atoms with Gasteiger partial charge in [-0.25, -0.2) is 15.8 Å². The maximum absolute atomic E-state index is 5.52. The van der Waals surface area contributed by atoms with Gasteiger partial charge in [0.25, 0.3) is 0 Å². The van der Waals surface area contributed by atoms with Gasteiger partial charge in [-0.15, -0.1) is 0 Å². The molecule has 0 spiro atoms. The van der Waals surface area contributed by atoms with Crippen LogP contribution in [0, 0.1) is 0 Å². The van der Waals surface area contributed by atoms with E-state index in [9.17, 15) is 0 Å². The van der Waals surface area contributed by atoms with Crippen molar-refractivity contribution in [1.82, 2.24) is 9.97 Å². The SMILES string of the molecule is CCCN(CCC)c1cc(NN)nc(C(C)(C)C)n1. The Labute approximate surface area is 116 Å². The van der Waals surface area contributed by atoms with Crippen LogP contribution in [0.15, 0.2) is 6.07 Å². The van der Waals surface area contributed by atoms with Gasteiger partial charge in [0.05, 0.1) is 0 Å². The van der Waals surface area contributed by atoms with Gasteiger partial charge in [0, 0.05) is 24.6 Å². The standard InChI is InChI=1S/C14H27N5/c1-6-8-19(9-7-2)12-10-11(18-15)16-13(17-12)14(3,4)5/h10H,6-9,15H2,1-5H3,(H,16,17,18). The first-order chi connectivity index (χ1) is 8.92. The van der Waals surface area contributed by atoms with Gasteiger partial charge in [0.2, 0.25) is 0 Å². The largest absolute Gasteiger partial charge is 0.356 e. The Morgan fingerprint density at radius 1 is 1.16 bits per heavy atom. The Morgan fingerprint density at radius 3 is 2.16 bits per heavy atom. The molecular formula is C14H27N5. The van der Waals surface area contributed by atoms with E-state index in [2.05, 4.69) is 49.9 Å². The summed E-state index contributed by atoms with van der Waals surface area (Å²) >= 11 is 0. The van der Waals surface area contributed by atoms with Crippen LogP contribution >= 0.6 is 0 Å². The molecule has 0 bridgehead atoms.